The van der Waals surface area contributed by atoms with Crippen LogP contribution in [0.1, 0.15) is 24.2 Å². The molecule has 2 saturated heterocycles. The topological polar surface area (TPSA) is 75.4 Å². The van der Waals surface area contributed by atoms with Gasteiger partial charge in [0.1, 0.15) is 5.82 Å². The maximum atomic E-state index is 13.1. The molecule has 0 bridgehead atoms. The van der Waals surface area contributed by atoms with Crippen molar-refractivity contribution >= 4 is 17.4 Å². The first kappa shape index (κ1) is 24.4. The van der Waals surface area contributed by atoms with Crippen LogP contribution in [0.25, 0.3) is 16.8 Å². The number of ether oxygens (including phenoxy) is 2. The summed E-state index contributed by atoms with van der Waals surface area (Å²) in [5.41, 5.74) is 4.64. The van der Waals surface area contributed by atoms with E-state index in [1.54, 1.807) is 14.2 Å². The smallest absolute Gasteiger partial charge is 0.225 e. The third-order valence-corrected chi connectivity index (χ3v) is 7.53. The highest BCUT2D eigenvalue weighted by molar-refractivity contribution is 5.82. The van der Waals surface area contributed by atoms with Gasteiger partial charge in [0.2, 0.25) is 5.91 Å². The van der Waals surface area contributed by atoms with Crippen LogP contribution in [0, 0.1) is 19.8 Å². The van der Waals surface area contributed by atoms with Gasteiger partial charge < -0.3 is 24.2 Å². The molecular formula is C27H36N6O3. The number of aromatic nitrogens is 3. The Balaban J connectivity index is 1.40. The Hall–Kier alpha value is -3.33. The zero-order valence-corrected chi connectivity index (χ0v) is 22.0. The summed E-state index contributed by atoms with van der Waals surface area (Å²) < 4.78 is 12.9. The van der Waals surface area contributed by atoms with E-state index in [0.717, 1.165) is 86.1 Å². The fraction of sp³-hybridized carbons (Fsp3) is 0.519. The molecule has 9 heteroatoms. The lowest BCUT2D eigenvalue weighted by molar-refractivity contribution is -0.137. The van der Waals surface area contributed by atoms with Gasteiger partial charge in [-0.05, 0) is 51.4 Å². The summed E-state index contributed by atoms with van der Waals surface area (Å²) in [6.07, 6.45) is 1.72. The van der Waals surface area contributed by atoms with Crippen LogP contribution >= 0.6 is 0 Å². The average Bonchev–Trinajstić information content (AvgIpc) is 3.23. The number of aryl methyl sites for hydroxylation is 2. The van der Waals surface area contributed by atoms with Crippen molar-refractivity contribution in [1.82, 2.24) is 24.4 Å². The summed E-state index contributed by atoms with van der Waals surface area (Å²) in [5.74, 6) is 2.81. The van der Waals surface area contributed by atoms with Gasteiger partial charge in [0.25, 0.3) is 0 Å². The van der Waals surface area contributed by atoms with Crippen molar-refractivity contribution in [2.24, 2.45) is 5.92 Å². The number of methoxy groups -OCH3 is 2. The SMILES string of the molecule is COc1ccc(-c2c(C)nn3c(N4CCC(C(=O)N5CCN(C)CC5)CC4)cc(C)nc23)cc1OC. The van der Waals surface area contributed by atoms with Crippen LogP contribution in [0.5, 0.6) is 11.5 Å². The van der Waals surface area contributed by atoms with Crippen molar-refractivity contribution < 1.29 is 14.3 Å². The van der Waals surface area contributed by atoms with Crippen LogP contribution in [0.4, 0.5) is 5.82 Å². The molecule has 0 N–H and O–H groups in total. The van der Waals surface area contributed by atoms with Crippen LogP contribution in [0.15, 0.2) is 24.3 Å². The molecule has 9 nitrogen and oxygen atoms in total. The van der Waals surface area contributed by atoms with Gasteiger partial charge in [0, 0.05) is 62.5 Å². The molecule has 0 aliphatic carbocycles. The molecule has 0 radical (unpaired) electrons. The first-order chi connectivity index (χ1) is 17.4. The Kier molecular flexibility index (Phi) is 6.75. The number of anilines is 1. The van der Waals surface area contributed by atoms with Crippen LogP contribution in [0.3, 0.4) is 0 Å². The second-order valence-corrected chi connectivity index (χ2v) is 9.91. The van der Waals surface area contributed by atoms with E-state index < -0.39 is 0 Å². The van der Waals surface area contributed by atoms with Crippen molar-refractivity contribution in [3.05, 3.63) is 35.7 Å². The largest absolute Gasteiger partial charge is 0.493 e. The molecule has 2 fully saturated rings. The zero-order valence-electron chi connectivity index (χ0n) is 22.0. The molecule has 2 aliphatic rings. The standard InChI is InChI=1S/C27H36N6O3/c1-18-16-24(31-10-8-20(9-11-31)27(34)32-14-12-30(3)13-15-32)33-26(28-18)25(19(2)29-33)21-6-7-22(35-4)23(17-21)36-5/h6-7,16-17,20H,8-15H2,1-5H3. The summed E-state index contributed by atoms with van der Waals surface area (Å²) in [7, 11) is 5.39. The Morgan fingerprint density at radius 1 is 0.944 bits per heavy atom. The van der Waals surface area contributed by atoms with Gasteiger partial charge in [-0.1, -0.05) is 6.07 Å². The van der Waals surface area contributed by atoms with E-state index in [0.29, 0.717) is 17.4 Å². The number of piperazine rings is 1. The molecular weight excluding hydrogens is 456 g/mol. The summed E-state index contributed by atoms with van der Waals surface area (Å²) in [4.78, 5) is 24.7. The molecule has 2 aromatic heterocycles. The first-order valence-electron chi connectivity index (χ1n) is 12.7. The molecule has 192 valence electrons. The summed E-state index contributed by atoms with van der Waals surface area (Å²) in [6.45, 7) is 9.28. The minimum atomic E-state index is 0.102. The van der Waals surface area contributed by atoms with Crippen molar-refractivity contribution in [2.75, 3.05) is 65.4 Å². The number of hydrogen-bond acceptors (Lipinski definition) is 7. The monoisotopic (exact) mass is 492 g/mol. The normalized spacial score (nSPS) is 17.6. The molecule has 0 spiro atoms. The first-order valence-corrected chi connectivity index (χ1v) is 12.7. The molecule has 0 saturated carbocycles. The van der Waals surface area contributed by atoms with Crippen LogP contribution < -0.4 is 14.4 Å². The van der Waals surface area contributed by atoms with Crippen LogP contribution in [-0.2, 0) is 4.79 Å². The molecule has 0 unspecified atom stereocenters. The lowest BCUT2D eigenvalue weighted by atomic mass is 9.95. The average molecular weight is 493 g/mol. The van der Waals surface area contributed by atoms with E-state index in [1.807, 2.05) is 36.6 Å². The number of nitrogens with zero attached hydrogens (tertiary/aromatic N) is 6. The number of rotatable bonds is 5. The molecule has 1 aromatic carbocycles. The highest BCUT2D eigenvalue weighted by Crippen LogP contribution is 2.36. The van der Waals surface area contributed by atoms with E-state index in [-0.39, 0.29) is 5.92 Å². The number of benzene rings is 1. The fourth-order valence-corrected chi connectivity index (χ4v) is 5.42. The molecule has 0 atom stereocenters. The Bertz CT molecular complexity index is 1260. The van der Waals surface area contributed by atoms with E-state index in [1.165, 1.54) is 0 Å². The maximum Gasteiger partial charge on any atom is 0.225 e. The minimum Gasteiger partial charge on any atom is -0.493 e. The second-order valence-electron chi connectivity index (χ2n) is 9.91. The van der Waals surface area contributed by atoms with Crippen molar-refractivity contribution in [1.29, 1.82) is 0 Å². The highest BCUT2D eigenvalue weighted by Gasteiger charge is 2.31. The van der Waals surface area contributed by atoms with Gasteiger partial charge >= 0.3 is 0 Å². The lowest BCUT2D eigenvalue weighted by Crippen LogP contribution is -2.50. The molecule has 3 aromatic rings. The number of amides is 1. The van der Waals surface area contributed by atoms with Gasteiger partial charge in [-0.2, -0.15) is 9.61 Å². The van der Waals surface area contributed by atoms with Gasteiger partial charge in [0.15, 0.2) is 17.1 Å². The number of carbonyl (C=O) groups excluding carboxylic acids is 1. The second kappa shape index (κ2) is 9.97. The molecule has 5 rings (SSSR count). The van der Waals surface area contributed by atoms with E-state index in [9.17, 15) is 4.79 Å². The van der Waals surface area contributed by atoms with Gasteiger partial charge in [-0.15, -0.1) is 0 Å². The number of fused-ring (bicyclic) bond motifs is 1. The van der Waals surface area contributed by atoms with E-state index in [4.69, 9.17) is 19.6 Å². The number of likely N-dealkylation sites (N-methyl/N-ethyl adjacent to an activating group) is 1. The Labute approximate surface area is 212 Å². The summed E-state index contributed by atoms with van der Waals surface area (Å²) >= 11 is 0. The van der Waals surface area contributed by atoms with Gasteiger partial charge in [-0.25, -0.2) is 4.98 Å². The number of hydrogen-bond donors (Lipinski definition) is 0. The molecule has 36 heavy (non-hydrogen) atoms. The summed E-state index contributed by atoms with van der Waals surface area (Å²) in [5, 5.41) is 4.90. The fourth-order valence-electron chi connectivity index (χ4n) is 5.42. The van der Waals surface area contributed by atoms with E-state index in [2.05, 4.69) is 27.8 Å². The molecule has 4 heterocycles. The minimum absolute atomic E-state index is 0.102. The van der Waals surface area contributed by atoms with Crippen molar-refractivity contribution in [2.45, 2.75) is 26.7 Å². The van der Waals surface area contributed by atoms with Gasteiger partial charge in [-0.3, -0.25) is 4.79 Å². The number of piperidine rings is 1. The Morgan fingerprint density at radius 3 is 2.31 bits per heavy atom. The van der Waals surface area contributed by atoms with Gasteiger partial charge in [0.05, 0.1) is 19.9 Å². The third-order valence-electron chi connectivity index (χ3n) is 7.53. The maximum absolute atomic E-state index is 13.1. The lowest BCUT2D eigenvalue weighted by Gasteiger charge is -2.38. The molecule has 1 amide bonds. The highest BCUT2D eigenvalue weighted by atomic mass is 16.5. The Morgan fingerprint density at radius 2 is 1.64 bits per heavy atom. The quantitative estimate of drug-likeness (QED) is 0.542. The summed E-state index contributed by atoms with van der Waals surface area (Å²) in [6, 6.07) is 8.00. The van der Waals surface area contributed by atoms with Crippen molar-refractivity contribution in [3.8, 4) is 22.6 Å². The number of carbonyl (C=O) groups is 1. The third kappa shape index (κ3) is 4.48. The molecule has 2 aliphatic heterocycles. The van der Waals surface area contributed by atoms with Crippen LogP contribution in [0.2, 0.25) is 0 Å². The van der Waals surface area contributed by atoms with Crippen molar-refractivity contribution in [3.63, 3.8) is 0 Å². The predicted octanol–water partition coefficient (Wildman–Crippen LogP) is 3.02. The van der Waals surface area contributed by atoms with Crippen LogP contribution in [-0.4, -0.2) is 90.8 Å². The predicted molar refractivity (Wildman–Crippen MR) is 140 cm³/mol. The van der Waals surface area contributed by atoms with E-state index >= 15 is 0 Å². The zero-order chi connectivity index (χ0) is 25.4.